The smallest absolute Gasteiger partial charge is 0.339 e. The van der Waals surface area contributed by atoms with Crippen molar-refractivity contribution >= 4 is 40.9 Å². The molecule has 1 amide bonds. The summed E-state index contributed by atoms with van der Waals surface area (Å²) in [4.78, 5) is 26.9. The highest BCUT2D eigenvalue weighted by Gasteiger charge is 2.22. The van der Waals surface area contributed by atoms with Crippen LogP contribution < -0.4 is 5.32 Å². The highest BCUT2D eigenvalue weighted by atomic mass is 35.5. The number of aromatic nitrogens is 3. The second kappa shape index (κ2) is 5.48. The molecule has 0 fully saturated rings. The first-order valence-electron chi connectivity index (χ1n) is 5.28. The highest BCUT2D eigenvalue weighted by Crippen LogP contribution is 2.23. The van der Waals surface area contributed by atoms with E-state index >= 15 is 0 Å². The van der Waals surface area contributed by atoms with Crippen molar-refractivity contribution in [1.29, 1.82) is 0 Å². The minimum absolute atomic E-state index is 0.0723. The van der Waals surface area contributed by atoms with Crippen molar-refractivity contribution in [2.24, 2.45) is 7.05 Å². The molecule has 2 heterocycles. The summed E-state index contributed by atoms with van der Waals surface area (Å²) in [5.74, 6) is -1.90. The lowest BCUT2D eigenvalue weighted by Crippen LogP contribution is -2.17. The third-order valence-corrected chi connectivity index (χ3v) is 2.81. The van der Waals surface area contributed by atoms with Gasteiger partial charge in [0.15, 0.2) is 11.5 Å². The number of carboxylic acid groups (broad SMARTS) is 1. The Morgan fingerprint density at radius 2 is 2.10 bits per heavy atom. The zero-order valence-electron chi connectivity index (χ0n) is 10.1. The molecule has 0 aliphatic carbocycles. The zero-order valence-corrected chi connectivity index (χ0v) is 11.6. The molecule has 0 saturated carbocycles. The standard InChI is InChI=1S/C11H8Cl2N4O3/c1-17-4-6(11(19)20)8(16-17)10(18)15-9-7(13)2-5(12)3-14-9/h2-4H,1H3,(H,19,20)(H,14,15,18). The predicted octanol–water partition coefficient (Wildman–Crippen LogP) is 2.07. The van der Waals surface area contributed by atoms with Gasteiger partial charge < -0.3 is 10.4 Å². The molecular formula is C11H8Cl2N4O3. The molecule has 104 valence electrons. The molecule has 9 heteroatoms. The molecular weight excluding hydrogens is 307 g/mol. The maximum Gasteiger partial charge on any atom is 0.339 e. The number of anilines is 1. The Balaban J connectivity index is 2.31. The van der Waals surface area contributed by atoms with Crippen molar-refractivity contribution in [3.05, 3.63) is 39.8 Å². The summed E-state index contributed by atoms with van der Waals surface area (Å²) in [7, 11) is 1.51. The lowest BCUT2D eigenvalue weighted by molar-refractivity contribution is 0.0692. The molecule has 0 radical (unpaired) electrons. The number of amides is 1. The van der Waals surface area contributed by atoms with E-state index in [2.05, 4.69) is 15.4 Å². The lowest BCUT2D eigenvalue weighted by atomic mass is 10.2. The first kappa shape index (κ1) is 14.3. The normalized spacial score (nSPS) is 10.3. The van der Waals surface area contributed by atoms with Gasteiger partial charge in [-0.1, -0.05) is 23.2 Å². The van der Waals surface area contributed by atoms with Crippen LogP contribution in [0.4, 0.5) is 5.82 Å². The van der Waals surface area contributed by atoms with E-state index in [1.165, 1.54) is 30.2 Å². The third kappa shape index (κ3) is 2.89. The largest absolute Gasteiger partial charge is 0.478 e. The second-order valence-corrected chi connectivity index (χ2v) is 4.65. The SMILES string of the molecule is Cn1cc(C(=O)O)c(C(=O)Nc2ncc(Cl)cc2Cl)n1. The number of aryl methyl sites for hydroxylation is 1. The van der Waals surface area contributed by atoms with E-state index in [0.29, 0.717) is 5.02 Å². The molecule has 7 nitrogen and oxygen atoms in total. The predicted molar refractivity (Wildman–Crippen MR) is 72.4 cm³/mol. The fraction of sp³-hybridized carbons (Fsp3) is 0.0909. The summed E-state index contributed by atoms with van der Waals surface area (Å²) >= 11 is 11.6. The van der Waals surface area contributed by atoms with Gasteiger partial charge in [-0.3, -0.25) is 9.48 Å². The van der Waals surface area contributed by atoms with E-state index in [1.54, 1.807) is 0 Å². The van der Waals surface area contributed by atoms with Gasteiger partial charge in [-0.2, -0.15) is 5.10 Å². The number of hydrogen-bond donors (Lipinski definition) is 2. The molecule has 2 aromatic heterocycles. The van der Waals surface area contributed by atoms with Crippen molar-refractivity contribution in [2.75, 3.05) is 5.32 Å². The Kier molecular flexibility index (Phi) is 3.91. The summed E-state index contributed by atoms with van der Waals surface area (Å²) < 4.78 is 1.23. The molecule has 0 atom stereocenters. The summed E-state index contributed by atoms with van der Waals surface area (Å²) in [5.41, 5.74) is -0.442. The molecule has 2 N–H and O–H groups in total. The Bertz CT molecular complexity index is 699. The average molecular weight is 315 g/mol. The van der Waals surface area contributed by atoms with E-state index in [1.807, 2.05) is 0 Å². The van der Waals surface area contributed by atoms with Gasteiger partial charge in [0, 0.05) is 19.4 Å². The highest BCUT2D eigenvalue weighted by molar-refractivity contribution is 6.36. The monoisotopic (exact) mass is 314 g/mol. The topological polar surface area (TPSA) is 97.1 Å². The summed E-state index contributed by atoms with van der Waals surface area (Å²) in [6.07, 6.45) is 2.54. The van der Waals surface area contributed by atoms with Crippen LogP contribution in [0.2, 0.25) is 10.0 Å². The molecule has 0 unspecified atom stereocenters. The van der Waals surface area contributed by atoms with Crippen LogP contribution in [0.3, 0.4) is 0 Å². The fourth-order valence-electron chi connectivity index (χ4n) is 1.49. The number of hydrogen-bond acceptors (Lipinski definition) is 4. The van der Waals surface area contributed by atoms with Crippen LogP contribution in [0.1, 0.15) is 20.8 Å². The molecule has 0 spiro atoms. The maximum absolute atomic E-state index is 12.0. The molecule has 0 saturated heterocycles. The number of nitrogens with one attached hydrogen (secondary N) is 1. The fourth-order valence-corrected chi connectivity index (χ4v) is 1.91. The Hall–Kier alpha value is -2.12. The minimum atomic E-state index is -1.25. The zero-order chi connectivity index (χ0) is 14.9. The van der Waals surface area contributed by atoms with E-state index < -0.39 is 11.9 Å². The van der Waals surface area contributed by atoms with Gasteiger partial charge in [0.1, 0.15) is 5.56 Å². The van der Waals surface area contributed by atoms with Gasteiger partial charge in [-0.15, -0.1) is 0 Å². The number of aromatic carboxylic acids is 1. The van der Waals surface area contributed by atoms with Crippen molar-refractivity contribution in [2.45, 2.75) is 0 Å². The van der Waals surface area contributed by atoms with Crippen molar-refractivity contribution in [3.8, 4) is 0 Å². The van der Waals surface area contributed by atoms with Crippen LogP contribution in [-0.2, 0) is 7.05 Å². The number of halogens is 2. The van der Waals surface area contributed by atoms with Gasteiger partial charge in [0.2, 0.25) is 0 Å². The van der Waals surface area contributed by atoms with Crippen LogP contribution >= 0.6 is 23.2 Å². The van der Waals surface area contributed by atoms with Crippen LogP contribution in [-0.4, -0.2) is 31.7 Å². The Morgan fingerprint density at radius 3 is 2.70 bits per heavy atom. The molecule has 0 aliphatic rings. The number of carboxylic acids is 1. The number of pyridine rings is 1. The summed E-state index contributed by atoms with van der Waals surface area (Å²) in [6.45, 7) is 0. The number of nitrogens with zero attached hydrogens (tertiary/aromatic N) is 3. The number of carbonyl (C=O) groups excluding carboxylic acids is 1. The van der Waals surface area contributed by atoms with Crippen molar-refractivity contribution in [3.63, 3.8) is 0 Å². The van der Waals surface area contributed by atoms with Gasteiger partial charge >= 0.3 is 5.97 Å². The van der Waals surface area contributed by atoms with E-state index in [9.17, 15) is 9.59 Å². The summed E-state index contributed by atoms with van der Waals surface area (Å²) in [6, 6.07) is 1.41. The Morgan fingerprint density at radius 1 is 1.40 bits per heavy atom. The van der Waals surface area contributed by atoms with Crippen molar-refractivity contribution < 1.29 is 14.7 Å². The van der Waals surface area contributed by atoms with Crippen LogP contribution in [0.5, 0.6) is 0 Å². The van der Waals surface area contributed by atoms with Gasteiger partial charge in [-0.05, 0) is 6.07 Å². The van der Waals surface area contributed by atoms with E-state index in [-0.39, 0.29) is 22.1 Å². The van der Waals surface area contributed by atoms with E-state index in [4.69, 9.17) is 28.3 Å². The second-order valence-electron chi connectivity index (χ2n) is 3.81. The summed E-state index contributed by atoms with van der Waals surface area (Å²) in [5, 5.41) is 15.6. The van der Waals surface area contributed by atoms with E-state index in [0.717, 1.165) is 0 Å². The molecule has 2 rings (SSSR count). The van der Waals surface area contributed by atoms with Gasteiger partial charge in [0.25, 0.3) is 5.91 Å². The molecule has 0 aliphatic heterocycles. The van der Waals surface area contributed by atoms with Crippen molar-refractivity contribution in [1.82, 2.24) is 14.8 Å². The molecule has 2 aromatic rings. The van der Waals surface area contributed by atoms with Crippen LogP contribution in [0, 0.1) is 0 Å². The quantitative estimate of drug-likeness (QED) is 0.903. The first-order chi connectivity index (χ1) is 9.38. The minimum Gasteiger partial charge on any atom is -0.478 e. The van der Waals surface area contributed by atoms with Gasteiger partial charge in [-0.25, -0.2) is 9.78 Å². The third-order valence-electron chi connectivity index (χ3n) is 2.31. The van der Waals surface area contributed by atoms with Crippen LogP contribution in [0.15, 0.2) is 18.5 Å². The molecule has 0 bridgehead atoms. The lowest BCUT2D eigenvalue weighted by Gasteiger charge is -2.05. The Labute approximate surface area is 123 Å². The first-order valence-corrected chi connectivity index (χ1v) is 6.03. The maximum atomic E-state index is 12.0. The van der Waals surface area contributed by atoms with Gasteiger partial charge in [0.05, 0.1) is 10.0 Å². The number of rotatable bonds is 3. The average Bonchev–Trinajstić information content (AvgIpc) is 2.75. The number of carbonyl (C=O) groups is 2. The molecule has 20 heavy (non-hydrogen) atoms. The van der Waals surface area contributed by atoms with Crippen LogP contribution in [0.25, 0.3) is 0 Å². The molecule has 0 aromatic carbocycles.